The van der Waals surface area contributed by atoms with Crippen molar-refractivity contribution in [3.8, 4) is 0 Å². The fourth-order valence-electron chi connectivity index (χ4n) is 10.7. The molecule has 2 saturated heterocycles. The maximum atomic E-state index is 6.47. The van der Waals surface area contributed by atoms with Crippen LogP contribution in [0.5, 0.6) is 0 Å². The van der Waals surface area contributed by atoms with Gasteiger partial charge >= 0.3 is 0 Å². The van der Waals surface area contributed by atoms with E-state index < -0.39 is 0 Å². The second-order valence-corrected chi connectivity index (χ2v) is 18.9. The second kappa shape index (κ2) is 19.9. The molecule has 0 radical (unpaired) electrons. The van der Waals surface area contributed by atoms with Crippen molar-refractivity contribution in [1.82, 2.24) is 39.3 Å². The standard InChI is InChI=1S/C27H31ClN4.C26H29ClN4/c1-19-29-12-16-32(19)13-4-5-21-17-22-18-23(28)7-8-24(22)26(20-9-14-31(2)15-10-20)27-25(21)6-3-11-30-27;1-18-29-13-15-31(18)14-3-4-20-16-21-17-22(27)6-7-23(21)25(19-8-11-28-12-9-19)26-24(20)5-2-10-30-26/h3,6-8,11-12,16-18,20,26H,4-5,9-10,13-15H2,1-2H3;2,5-7,10,13,15-17,19,25,28H,3-4,8-9,11-12,14H2,1H3. The number of aryl methyl sites for hydroxylation is 4. The molecule has 326 valence electrons. The van der Waals surface area contributed by atoms with E-state index in [0.717, 1.165) is 86.6 Å². The number of piperidine rings is 2. The molecule has 4 aromatic heterocycles. The van der Waals surface area contributed by atoms with E-state index in [4.69, 9.17) is 33.2 Å². The number of hydrogen-bond donors (Lipinski definition) is 1. The quantitative estimate of drug-likeness (QED) is 0.148. The molecule has 10 rings (SSSR count). The lowest BCUT2D eigenvalue weighted by Crippen LogP contribution is -2.33. The lowest BCUT2D eigenvalue weighted by Gasteiger charge is -2.35. The minimum atomic E-state index is 0.315. The largest absolute Gasteiger partial charge is 0.335 e. The molecule has 2 aliphatic heterocycles. The minimum absolute atomic E-state index is 0.315. The first kappa shape index (κ1) is 43.4. The van der Waals surface area contributed by atoms with Crippen molar-refractivity contribution < 1.29 is 0 Å². The molecular formula is C53H60Cl2N8. The van der Waals surface area contributed by atoms with Gasteiger partial charge in [-0.1, -0.05) is 59.6 Å². The van der Waals surface area contributed by atoms with E-state index in [1.165, 1.54) is 81.6 Å². The van der Waals surface area contributed by atoms with Crippen LogP contribution in [0.2, 0.25) is 10.0 Å². The van der Waals surface area contributed by atoms with Crippen LogP contribution in [0.15, 0.2) is 97.8 Å². The third kappa shape index (κ3) is 9.80. The number of likely N-dealkylation sites (tertiary alicyclic amines) is 1. The van der Waals surface area contributed by atoms with Crippen LogP contribution < -0.4 is 5.32 Å². The summed E-state index contributed by atoms with van der Waals surface area (Å²) < 4.78 is 4.46. The van der Waals surface area contributed by atoms with Gasteiger partial charge in [-0.15, -0.1) is 0 Å². The van der Waals surface area contributed by atoms with E-state index >= 15 is 0 Å². The number of pyridine rings is 2. The Balaban J connectivity index is 0.000000160. The molecular weight excluding hydrogens is 820 g/mol. The molecule has 2 atom stereocenters. The number of halogens is 2. The number of nitrogens with zero attached hydrogens (tertiary/aromatic N) is 7. The average molecular weight is 880 g/mol. The van der Waals surface area contributed by atoms with Crippen LogP contribution in [0.4, 0.5) is 0 Å². The lowest BCUT2D eigenvalue weighted by atomic mass is 9.76. The molecule has 6 heterocycles. The van der Waals surface area contributed by atoms with Gasteiger partial charge in [0, 0.05) is 72.2 Å². The highest BCUT2D eigenvalue weighted by Gasteiger charge is 2.35. The molecule has 4 aliphatic rings. The molecule has 2 unspecified atom stereocenters. The van der Waals surface area contributed by atoms with Crippen molar-refractivity contribution in [2.75, 3.05) is 33.2 Å². The van der Waals surface area contributed by atoms with E-state index in [1.807, 2.05) is 36.9 Å². The summed E-state index contributed by atoms with van der Waals surface area (Å²) in [6, 6.07) is 21.5. The van der Waals surface area contributed by atoms with Crippen LogP contribution in [-0.4, -0.2) is 67.2 Å². The molecule has 1 N–H and O–H groups in total. The first-order valence-corrected chi connectivity index (χ1v) is 23.8. The third-order valence-corrected chi connectivity index (χ3v) is 14.5. The molecule has 8 nitrogen and oxygen atoms in total. The van der Waals surface area contributed by atoms with Crippen LogP contribution in [-0.2, 0) is 13.1 Å². The Hall–Kier alpha value is -4.86. The number of rotatable bonds is 10. The topological polar surface area (TPSA) is 76.7 Å². The second-order valence-electron chi connectivity index (χ2n) is 18.0. The van der Waals surface area contributed by atoms with Crippen molar-refractivity contribution in [2.24, 2.45) is 11.8 Å². The van der Waals surface area contributed by atoms with Gasteiger partial charge in [0.05, 0.1) is 11.4 Å². The van der Waals surface area contributed by atoms with E-state index in [0.29, 0.717) is 23.7 Å². The summed E-state index contributed by atoms with van der Waals surface area (Å²) in [6.07, 6.45) is 25.4. The maximum Gasteiger partial charge on any atom is 0.105 e. The maximum absolute atomic E-state index is 6.47. The number of benzene rings is 2. The first-order valence-electron chi connectivity index (χ1n) is 23.1. The third-order valence-electron chi connectivity index (χ3n) is 14.0. The van der Waals surface area contributed by atoms with Gasteiger partial charge in [0.15, 0.2) is 0 Å². The summed E-state index contributed by atoms with van der Waals surface area (Å²) in [5, 5.41) is 5.12. The van der Waals surface area contributed by atoms with Crippen LogP contribution in [0, 0.1) is 25.7 Å². The number of aromatic nitrogens is 6. The normalized spacial score (nSPS) is 19.0. The molecule has 63 heavy (non-hydrogen) atoms. The fourth-order valence-corrected chi connectivity index (χ4v) is 11.0. The molecule has 2 fully saturated rings. The van der Waals surface area contributed by atoms with Gasteiger partial charge in [-0.25, -0.2) is 9.97 Å². The van der Waals surface area contributed by atoms with Crippen molar-refractivity contribution >= 4 is 46.5 Å². The predicted molar refractivity (Wildman–Crippen MR) is 259 cm³/mol. The molecule has 2 aliphatic carbocycles. The first-order chi connectivity index (χ1) is 30.8. The van der Waals surface area contributed by atoms with Crippen LogP contribution in [0.3, 0.4) is 0 Å². The van der Waals surface area contributed by atoms with Gasteiger partial charge in [-0.3, -0.25) is 9.97 Å². The lowest BCUT2D eigenvalue weighted by molar-refractivity contribution is 0.206. The van der Waals surface area contributed by atoms with Gasteiger partial charge in [0.1, 0.15) is 11.6 Å². The number of imidazole rings is 2. The number of nitrogens with one attached hydrogen (secondary N) is 1. The Morgan fingerprint density at radius 1 is 0.603 bits per heavy atom. The summed E-state index contributed by atoms with van der Waals surface area (Å²) >= 11 is 12.9. The number of fused-ring (bicyclic) bond motifs is 4. The SMILES string of the molecule is Cc1nccn1CCCC1=Cc2cc(Cl)ccc2C(C2CCN(C)CC2)c2ncccc21.Cc1nccn1CCCC1=Cc2cc(Cl)ccc2C(C2CCNCC2)c2ncccc21. The minimum Gasteiger partial charge on any atom is -0.335 e. The number of hydrogen-bond acceptors (Lipinski definition) is 6. The Morgan fingerprint density at radius 3 is 1.54 bits per heavy atom. The molecule has 0 amide bonds. The van der Waals surface area contributed by atoms with Gasteiger partial charge in [0.2, 0.25) is 0 Å². The van der Waals surface area contributed by atoms with Crippen LogP contribution in [0.1, 0.15) is 120 Å². The predicted octanol–water partition coefficient (Wildman–Crippen LogP) is 11.8. The Labute approximate surface area is 383 Å². The summed E-state index contributed by atoms with van der Waals surface area (Å²) in [5.41, 5.74) is 13.1. The van der Waals surface area contributed by atoms with E-state index in [1.54, 1.807) is 0 Å². The highest BCUT2D eigenvalue weighted by atomic mass is 35.5. The van der Waals surface area contributed by atoms with Gasteiger partial charge < -0.3 is 19.4 Å². The zero-order valence-electron chi connectivity index (χ0n) is 37.0. The summed E-state index contributed by atoms with van der Waals surface area (Å²) in [4.78, 5) is 21.1. The Bertz CT molecular complexity index is 2570. The van der Waals surface area contributed by atoms with Gasteiger partial charge in [-0.2, -0.15) is 0 Å². The summed E-state index contributed by atoms with van der Waals surface area (Å²) in [6.45, 7) is 10.5. The van der Waals surface area contributed by atoms with Crippen molar-refractivity contribution in [2.45, 2.75) is 90.1 Å². The van der Waals surface area contributed by atoms with Crippen LogP contribution >= 0.6 is 23.2 Å². The van der Waals surface area contributed by atoms with E-state index in [-0.39, 0.29) is 0 Å². The molecule has 6 aromatic rings. The molecule has 2 aromatic carbocycles. The average Bonchev–Trinajstić information content (AvgIpc) is 3.84. The summed E-state index contributed by atoms with van der Waals surface area (Å²) in [7, 11) is 2.23. The highest BCUT2D eigenvalue weighted by molar-refractivity contribution is 6.31. The molecule has 0 bridgehead atoms. The smallest absolute Gasteiger partial charge is 0.105 e. The zero-order chi connectivity index (χ0) is 43.3. The monoisotopic (exact) mass is 878 g/mol. The van der Waals surface area contributed by atoms with E-state index in [9.17, 15) is 0 Å². The Kier molecular flexibility index (Phi) is 13.7. The summed E-state index contributed by atoms with van der Waals surface area (Å²) in [5.74, 6) is 3.96. The zero-order valence-corrected chi connectivity index (χ0v) is 38.5. The van der Waals surface area contributed by atoms with Gasteiger partial charge in [0.25, 0.3) is 0 Å². The van der Waals surface area contributed by atoms with Crippen molar-refractivity contribution in [3.63, 3.8) is 0 Å². The Morgan fingerprint density at radius 2 is 1.08 bits per heavy atom. The fraction of sp³-hybridized carbons (Fsp3) is 0.396. The molecule has 0 spiro atoms. The van der Waals surface area contributed by atoms with E-state index in [2.05, 4.69) is 123 Å². The molecule has 10 heteroatoms. The highest BCUT2D eigenvalue weighted by Crippen LogP contribution is 2.47. The van der Waals surface area contributed by atoms with Crippen LogP contribution in [0.25, 0.3) is 23.3 Å². The van der Waals surface area contributed by atoms with Crippen molar-refractivity contribution in [3.05, 3.63) is 164 Å². The molecule has 0 saturated carbocycles. The van der Waals surface area contributed by atoms with Crippen molar-refractivity contribution in [1.29, 1.82) is 0 Å². The number of allylic oxidation sites excluding steroid dienone is 2. The van der Waals surface area contributed by atoms with Gasteiger partial charge in [-0.05, 0) is 191 Å².